The SMILES string of the molecule is CO[C@H]1[C@H](O)O[C@@H](C)[C@H]2N([Si](C)(C)C(C)(C)C)C(=O)O[C@@]12C. The highest BCUT2D eigenvalue weighted by atomic mass is 28.3. The molecule has 128 valence electrons. The van der Waals surface area contributed by atoms with E-state index in [-0.39, 0.29) is 23.3 Å². The summed E-state index contributed by atoms with van der Waals surface area (Å²) < 4.78 is 18.7. The maximum absolute atomic E-state index is 12.7. The van der Waals surface area contributed by atoms with E-state index in [0.717, 1.165) is 0 Å². The van der Waals surface area contributed by atoms with E-state index in [1.54, 1.807) is 0 Å². The van der Waals surface area contributed by atoms with Gasteiger partial charge in [0.1, 0.15) is 6.10 Å². The van der Waals surface area contributed by atoms with Crippen molar-refractivity contribution in [1.29, 1.82) is 0 Å². The molecule has 0 saturated carbocycles. The number of amides is 1. The lowest BCUT2D eigenvalue weighted by atomic mass is 9.84. The fourth-order valence-corrected chi connectivity index (χ4v) is 5.89. The predicted molar refractivity (Wildman–Crippen MR) is 85.1 cm³/mol. The van der Waals surface area contributed by atoms with Crippen molar-refractivity contribution in [3.8, 4) is 0 Å². The van der Waals surface area contributed by atoms with Crippen molar-refractivity contribution >= 4 is 14.3 Å². The van der Waals surface area contributed by atoms with Crippen molar-refractivity contribution in [3.63, 3.8) is 0 Å². The van der Waals surface area contributed by atoms with Gasteiger partial charge in [-0.2, -0.15) is 0 Å². The largest absolute Gasteiger partial charge is 0.438 e. The minimum atomic E-state index is -2.15. The number of carbonyl (C=O) groups is 1. The van der Waals surface area contributed by atoms with Gasteiger partial charge in [0.2, 0.25) is 0 Å². The molecule has 0 aromatic carbocycles. The highest BCUT2D eigenvalue weighted by molar-refractivity contribution is 6.79. The topological polar surface area (TPSA) is 68.2 Å². The lowest BCUT2D eigenvalue weighted by molar-refractivity contribution is -0.278. The van der Waals surface area contributed by atoms with E-state index in [1.165, 1.54) is 7.11 Å². The van der Waals surface area contributed by atoms with E-state index in [4.69, 9.17) is 14.2 Å². The van der Waals surface area contributed by atoms with E-state index < -0.39 is 26.2 Å². The number of hydrogen-bond acceptors (Lipinski definition) is 5. The molecule has 6 nitrogen and oxygen atoms in total. The third kappa shape index (κ3) is 2.29. The number of fused-ring (bicyclic) bond motifs is 1. The van der Waals surface area contributed by atoms with E-state index >= 15 is 0 Å². The van der Waals surface area contributed by atoms with Crippen LogP contribution in [0.1, 0.15) is 34.6 Å². The van der Waals surface area contributed by atoms with Crippen molar-refractivity contribution in [1.82, 2.24) is 4.57 Å². The van der Waals surface area contributed by atoms with E-state index in [0.29, 0.717) is 0 Å². The van der Waals surface area contributed by atoms with E-state index in [9.17, 15) is 9.90 Å². The number of nitrogens with zero attached hydrogens (tertiary/aromatic N) is 1. The Morgan fingerprint density at radius 3 is 2.36 bits per heavy atom. The second kappa shape index (κ2) is 5.19. The zero-order valence-corrected chi connectivity index (χ0v) is 15.8. The molecule has 2 aliphatic heterocycles. The van der Waals surface area contributed by atoms with Crippen LogP contribution in [0.25, 0.3) is 0 Å². The van der Waals surface area contributed by atoms with Gasteiger partial charge in [-0.25, -0.2) is 4.79 Å². The van der Waals surface area contributed by atoms with Gasteiger partial charge in [0.25, 0.3) is 0 Å². The van der Waals surface area contributed by atoms with Crippen LogP contribution in [0, 0.1) is 0 Å². The first-order valence-corrected chi connectivity index (χ1v) is 10.7. The lowest BCUT2D eigenvalue weighted by Gasteiger charge is -2.51. The third-order valence-corrected chi connectivity index (χ3v) is 11.0. The van der Waals surface area contributed by atoms with Gasteiger partial charge in [0, 0.05) is 7.11 Å². The number of rotatable bonds is 2. The minimum absolute atomic E-state index is 0.0182. The monoisotopic (exact) mass is 331 g/mol. The van der Waals surface area contributed by atoms with Gasteiger partial charge in [0.15, 0.2) is 20.1 Å². The molecule has 1 amide bonds. The molecule has 2 heterocycles. The van der Waals surface area contributed by atoms with Gasteiger partial charge in [-0.15, -0.1) is 0 Å². The Morgan fingerprint density at radius 1 is 1.36 bits per heavy atom. The van der Waals surface area contributed by atoms with Gasteiger partial charge in [-0.05, 0) is 18.9 Å². The van der Waals surface area contributed by atoms with E-state index in [1.807, 2.05) is 18.4 Å². The minimum Gasteiger partial charge on any atom is -0.438 e. The molecular formula is C15H29NO5Si. The lowest BCUT2D eigenvalue weighted by Crippen LogP contribution is -2.70. The third-order valence-electron chi connectivity index (χ3n) is 5.68. The molecule has 2 fully saturated rings. The first-order valence-electron chi connectivity index (χ1n) is 7.76. The molecule has 0 aromatic heterocycles. The van der Waals surface area contributed by atoms with Crippen LogP contribution in [-0.2, 0) is 14.2 Å². The highest BCUT2D eigenvalue weighted by Gasteiger charge is 2.66. The van der Waals surface area contributed by atoms with Crippen LogP contribution in [0.4, 0.5) is 4.79 Å². The number of ether oxygens (including phenoxy) is 3. The first-order chi connectivity index (χ1) is 9.88. The normalized spacial score (nSPS) is 39.7. The summed E-state index contributed by atoms with van der Waals surface area (Å²) in [4.78, 5) is 12.7. The van der Waals surface area contributed by atoms with Crippen molar-refractivity contribution in [2.24, 2.45) is 0 Å². The van der Waals surface area contributed by atoms with Crippen molar-refractivity contribution in [2.75, 3.05) is 7.11 Å². The molecule has 5 atom stereocenters. The summed E-state index contributed by atoms with van der Waals surface area (Å²) in [6.45, 7) is 14.5. The summed E-state index contributed by atoms with van der Waals surface area (Å²) in [5.41, 5.74) is -0.918. The van der Waals surface area contributed by atoms with Crippen LogP contribution < -0.4 is 0 Å². The molecule has 0 bridgehead atoms. The summed E-state index contributed by atoms with van der Waals surface area (Å²) >= 11 is 0. The Balaban J connectivity index is 2.50. The molecule has 2 rings (SSSR count). The standard InChI is InChI=1S/C15H29NO5Si/c1-9-10-15(5,11(19-6)12(17)20-9)21-13(18)16(10)22(7,8)14(2,3)4/h9-12,17H,1-8H3/t9-,10+,11-,12+,15+/m0/s1. The summed E-state index contributed by atoms with van der Waals surface area (Å²) in [6.07, 6.45) is -2.46. The molecule has 0 aliphatic carbocycles. The van der Waals surface area contributed by atoms with Crippen molar-refractivity contribution in [3.05, 3.63) is 0 Å². The number of methoxy groups -OCH3 is 1. The molecule has 1 N–H and O–H groups in total. The molecule has 0 spiro atoms. The average molecular weight is 331 g/mol. The van der Waals surface area contributed by atoms with Crippen LogP contribution in [0.15, 0.2) is 0 Å². The van der Waals surface area contributed by atoms with Crippen molar-refractivity contribution < 1.29 is 24.1 Å². The number of carbonyl (C=O) groups excluding carboxylic acids is 1. The summed E-state index contributed by atoms with van der Waals surface area (Å²) in [5.74, 6) is 0. The number of hydrogen-bond donors (Lipinski definition) is 1. The van der Waals surface area contributed by atoms with Gasteiger partial charge < -0.3 is 23.9 Å². The molecule has 0 unspecified atom stereocenters. The fourth-order valence-electron chi connectivity index (χ4n) is 3.51. The maximum Gasteiger partial charge on any atom is 0.402 e. The van der Waals surface area contributed by atoms with Crippen LogP contribution in [-0.4, -0.2) is 61.3 Å². The molecule has 2 aliphatic rings. The predicted octanol–water partition coefficient (Wildman–Crippen LogP) is 2.32. The Labute approximate surface area is 133 Å². The van der Waals surface area contributed by atoms with Crippen LogP contribution in [0.5, 0.6) is 0 Å². The fraction of sp³-hybridized carbons (Fsp3) is 0.933. The second-order valence-corrected chi connectivity index (χ2v) is 13.2. The van der Waals surface area contributed by atoms with Crippen LogP contribution in [0.2, 0.25) is 18.1 Å². The molecular weight excluding hydrogens is 302 g/mol. The van der Waals surface area contributed by atoms with Gasteiger partial charge in [-0.3, -0.25) is 0 Å². The average Bonchev–Trinajstić information content (AvgIpc) is 2.60. The molecule has 0 radical (unpaired) electrons. The second-order valence-electron chi connectivity index (χ2n) is 8.06. The van der Waals surface area contributed by atoms with Crippen molar-refractivity contribution in [2.45, 2.75) is 82.9 Å². The number of aliphatic hydroxyl groups excluding tert-OH is 1. The van der Waals surface area contributed by atoms with Gasteiger partial charge >= 0.3 is 6.09 Å². The first kappa shape index (κ1) is 17.7. The smallest absolute Gasteiger partial charge is 0.402 e. The molecule has 2 saturated heterocycles. The molecule has 22 heavy (non-hydrogen) atoms. The van der Waals surface area contributed by atoms with E-state index in [2.05, 4.69) is 33.9 Å². The quantitative estimate of drug-likeness (QED) is 0.787. The molecule has 0 aromatic rings. The summed E-state index contributed by atoms with van der Waals surface area (Å²) in [6, 6.07) is -0.269. The van der Waals surface area contributed by atoms with Crippen LogP contribution >= 0.6 is 0 Å². The Morgan fingerprint density at radius 2 is 1.91 bits per heavy atom. The Kier molecular flexibility index (Phi) is 4.18. The zero-order chi connectivity index (χ0) is 17.1. The Hall–Kier alpha value is -0.633. The zero-order valence-electron chi connectivity index (χ0n) is 14.8. The highest BCUT2D eigenvalue weighted by Crippen LogP contribution is 2.48. The number of aliphatic hydroxyl groups is 1. The molecule has 7 heteroatoms. The van der Waals surface area contributed by atoms with Gasteiger partial charge in [0.05, 0.1) is 12.1 Å². The van der Waals surface area contributed by atoms with Gasteiger partial charge in [-0.1, -0.05) is 33.9 Å². The summed E-state index contributed by atoms with van der Waals surface area (Å²) in [5, 5.41) is 10.1. The maximum atomic E-state index is 12.7. The summed E-state index contributed by atoms with van der Waals surface area (Å²) in [7, 11) is -0.656. The Bertz CT molecular complexity index is 463. The van der Waals surface area contributed by atoms with Crippen LogP contribution in [0.3, 0.4) is 0 Å².